The molecule has 3 rings (SSSR count). The summed E-state index contributed by atoms with van der Waals surface area (Å²) in [6, 6.07) is 0.291. The van der Waals surface area contributed by atoms with Crippen LogP contribution in [0.3, 0.4) is 0 Å². The third kappa shape index (κ3) is 1.48. The highest BCUT2D eigenvalue weighted by molar-refractivity contribution is 5.30. The molecule has 1 aromatic rings. The first-order valence-electron chi connectivity index (χ1n) is 5.75. The van der Waals surface area contributed by atoms with Crippen LogP contribution in [0.2, 0.25) is 0 Å². The lowest BCUT2D eigenvalue weighted by molar-refractivity contribution is 0.109. The van der Waals surface area contributed by atoms with Crippen LogP contribution in [-0.4, -0.2) is 22.8 Å². The molecule has 0 bridgehead atoms. The zero-order valence-corrected chi connectivity index (χ0v) is 8.83. The van der Waals surface area contributed by atoms with Gasteiger partial charge in [-0.2, -0.15) is 5.10 Å². The number of nitrogens with zero attached hydrogens (tertiary/aromatic N) is 1. The van der Waals surface area contributed by atoms with Crippen molar-refractivity contribution in [2.45, 2.75) is 44.2 Å². The topological polar surface area (TPSA) is 63.9 Å². The number of aromatic amines is 1. The molecule has 0 spiro atoms. The summed E-state index contributed by atoms with van der Waals surface area (Å²) in [6.07, 6.45) is 4.50. The van der Waals surface area contributed by atoms with Crippen molar-refractivity contribution in [3.05, 3.63) is 17.0 Å². The number of hydrogen-bond acceptors (Lipinski definition) is 3. The van der Waals surface area contributed by atoms with E-state index in [0.29, 0.717) is 18.6 Å². The number of rotatable bonds is 1. The molecule has 0 aromatic carbocycles. The standard InChI is InChI=1S/C11H17N3O/c12-9-3-1-2-7(9)11-8-6-15-5-4-10(8)13-14-11/h7,9H,1-6,12H2,(H,13,14). The monoisotopic (exact) mass is 207 g/mol. The van der Waals surface area contributed by atoms with Crippen molar-refractivity contribution >= 4 is 0 Å². The van der Waals surface area contributed by atoms with Crippen LogP contribution >= 0.6 is 0 Å². The fourth-order valence-electron chi connectivity index (χ4n) is 2.77. The van der Waals surface area contributed by atoms with Crippen molar-refractivity contribution in [1.29, 1.82) is 0 Å². The predicted octanol–water partition coefficient (Wildman–Crippen LogP) is 1.08. The van der Waals surface area contributed by atoms with Crippen LogP contribution in [0.1, 0.15) is 42.1 Å². The second-order valence-corrected chi connectivity index (χ2v) is 4.57. The molecule has 1 aromatic heterocycles. The van der Waals surface area contributed by atoms with Crippen molar-refractivity contribution in [2.75, 3.05) is 6.61 Å². The smallest absolute Gasteiger partial charge is 0.0753 e. The highest BCUT2D eigenvalue weighted by atomic mass is 16.5. The van der Waals surface area contributed by atoms with E-state index in [1.54, 1.807) is 0 Å². The van der Waals surface area contributed by atoms with Gasteiger partial charge in [0, 0.05) is 29.6 Å². The van der Waals surface area contributed by atoms with E-state index >= 15 is 0 Å². The van der Waals surface area contributed by atoms with Crippen LogP contribution in [0.5, 0.6) is 0 Å². The summed E-state index contributed by atoms with van der Waals surface area (Å²) in [4.78, 5) is 0. The van der Waals surface area contributed by atoms with Crippen molar-refractivity contribution in [2.24, 2.45) is 5.73 Å². The van der Waals surface area contributed by atoms with E-state index in [-0.39, 0.29) is 0 Å². The summed E-state index contributed by atoms with van der Waals surface area (Å²) in [5.74, 6) is 0.451. The summed E-state index contributed by atoms with van der Waals surface area (Å²) >= 11 is 0. The molecule has 4 heteroatoms. The maximum absolute atomic E-state index is 6.11. The summed E-state index contributed by atoms with van der Waals surface area (Å²) in [6.45, 7) is 1.52. The lowest BCUT2D eigenvalue weighted by atomic mass is 9.95. The Morgan fingerprint density at radius 2 is 2.33 bits per heavy atom. The lowest BCUT2D eigenvalue weighted by Crippen LogP contribution is -2.24. The molecule has 4 nitrogen and oxygen atoms in total. The van der Waals surface area contributed by atoms with Crippen LogP contribution in [0.15, 0.2) is 0 Å². The molecule has 2 atom stereocenters. The predicted molar refractivity (Wildman–Crippen MR) is 56.5 cm³/mol. The maximum Gasteiger partial charge on any atom is 0.0753 e. The molecule has 15 heavy (non-hydrogen) atoms. The Balaban J connectivity index is 1.94. The van der Waals surface area contributed by atoms with Gasteiger partial charge in [0.15, 0.2) is 0 Å². The largest absolute Gasteiger partial charge is 0.376 e. The van der Waals surface area contributed by atoms with Gasteiger partial charge in [-0.05, 0) is 12.8 Å². The number of aromatic nitrogens is 2. The van der Waals surface area contributed by atoms with E-state index in [2.05, 4.69) is 10.2 Å². The second kappa shape index (κ2) is 3.61. The highest BCUT2D eigenvalue weighted by Gasteiger charge is 2.31. The summed E-state index contributed by atoms with van der Waals surface area (Å²) in [7, 11) is 0. The molecule has 1 saturated carbocycles. The molecule has 0 amide bonds. The first-order valence-corrected chi connectivity index (χ1v) is 5.75. The maximum atomic E-state index is 6.11. The molecule has 1 fully saturated rings. The van der Waals surface area contributed by atoms with Crippen LogP contribution in [0.4, 0.5) is 0 Å². The normalized spacial score (nSPS) is 30.5. The highest BCUT2D eigenvalue weighted by Crippen LogP contribution is 2.35. The molecule has 0 saturated heterocycles. The fraction of sp³-hybridized carbons (Fsp3) is 0.727. The molecule has 0 radical (unpaired) electrons. The molecular formula is C11H17N3O. The summed E-state index contributed by atoms with van der Waals surface area (Å²) in [5.41, 5.74) is 9.82. The van der Waals surface area contributed by atoms with E-state index < -0.39 is 0 Å². The Bertz CT molecular complexity index is 361. The molecule has 82 valence electrons. The summed E-state index contributed by atoms with van der Waals surface area (Å²) < 4.78 is 5.49. The molecule has 3 N–H and O–H groups in total. The quantitative estimate of drug-likeness (QED) is 0.724. The van der Waals surface area contributed by atoms with Gasteiger partial charge >= 0.3 is 0 Å². The van der Waals surface area contributed by atoms with Crippen LogP contribution in [0, 0.1) is 0 Å². The van der Waals surface area contributed by atoms with E-state index in [9.17, 15) is 0 Å². The zero-order chi connectivity index (χ0) is 10.3. The minimum absolute atomic E-state index is 0.291. The Morgan fingerprint density at radius 1 is 1.40 bits per heavy atom. The second-order valence-electron chi connectivity index (χ2n) is 4.57. The molecular weight excluding hydrogens is 190 g/mol. The van der Waals surface area contributed by atoms with Crippen LogP contribution in [0.25, 0.3) is 0 Å². The minimum Gasteiger partial charge on any atom is -0.376 e. The Hall–Kier alpha value is -0.870. The third-order valence-electron chi connectivity index (χ3n) is 3.65. The fourth-order valence-corrected chi connectivity index (χ4v) is 2.77. The van der Waals surface area contributed by atoms with E-state index in [0.717, 1.165) is 19.4 Å². The van der Waals surface area contributed by atoms with E-state index in [1.807, 2.05) is 0 Å². The first kappa shape index (κ1) is 9.36. The number of hydrogen-bond donors (Lipinski definition) is 2. The average molecular weight is 207 g/mol. The molecule has 1 aliphatic carbocycles. The van der Waals surface area contributed by atoms with Crippen molar-refractivity contribution < 1.29 is 4.74 Å². The summed E-state index contributed by atoms with van der Waals surface area (Å²) in [5, 5.41) is 7.58. The Kier molecular flexibility index (Phi) is 2.25. The number of H-pyrrole nitrogens is 1. The van der Waals surface area contributed by atoms with Crippen LogP contribution < -0.4 is 5.73 Å². The van der Waals surface area contributed by atoms with Gasteiger partial charge in [0.05, 0.1) is 18.9 Å². The van der Waals surface area contributed by atoms with E-state index in [1.165, 1.54) is 29.8 Å². The Morgan fingerprint density at radius 3 is 3.13 bits per heavy atom. The first-order chi connectivity index (χ1) is 7.36. The average Bonchev–Trinajstić information content (AvgIpc) is 2.83. The van der Waals surface area contributed by atoms with Gasteiger partial charge in [-0.25, -0.2) is 0 Å². The van der Waals surface area contributed by atoms with Crippen molar-refractivity contribution in [3.8, 4) is 0 Å². The number of nitrogens with one attached hydrogen (secondary N) is 1. The van der Waals surface area contributed by atoms with Crippen molar-refractivity contribution in [3.63, 3.8) is 0 Å². The van der Waals surface area contributed by atoms with Gasteiger partial charge in [-0.15, -0.1) is 0 Å². The molecule has 2 aliphatic rings. The molecule has 2 heterocycles. The lowest BCUT2D eigenvalue weighted by Gasteiger charge is -2.17. The van der Waals surface area contributed by atoms with E-state index in [4.69, 9.17) is 10.5 Å². The number of nitrogens with two attached hydrogens (primary N) is 1. The Labute approximate surface area is 89.2 Å². The van der Waals surface area contributed by atoms with Gasteiger partial charge in [-0.3, -0.25) is 5.10 Å². The minimum atomic E-state index is 0.291. The van der Waals surface area contributed by atoms with Gasteiger partial charge < -0.3 is 10.5 Å². The molecule has 2 unspecified atom stereocenters. The van der Waals surface area contributed by atoms with Gasteiger partial charge in [0.1, 0.15) is 0 Å². The van der Waals surface area contributed by atoms with Gasteiger partial charge in [0.2, 0.25) is 0 Å². The SMILES string of the molecule is NC1CCCC1c1n[nH]c2c1COCC2. The molecule has 1 aliphatic heterocycles. The van der Waals surface area contributed by atoms with Gasteiger partial charge in [0.25, 0.3) is 0 Å². The zero-order valence-electron chi connectivity index (χ0n) is 8.83. The third-order valence-corrected chi connectivity index (χ3v) is 3.65. The van der Waals surface area contributed by atoms with Gasteiger partial charge in [-0.1, -0.05) is 6.42 Å². The number of fused-ring (bicyclic) bond motifs is 1. The number of ether oxygens (including phenoxy) is 1. The van der Waals surface area contributed by atoms with Crippen molar-refractivity contribution in [1.82, 2.24) is 10.2 Å². The van der Waals surface area contributed by atoms with Crippen LogP contribution in [-0.2, 0) is 17.8 Å².